The van der Waals surface area contributed by atoms with Crippen molar-refractivity contribution in [2.24, 2.45) is 16.8 Å². The van der Waals surface area contributed by atoms with Gasteiger partial charge in [0, 0.05) is 39.3 Å². The van der Waals surface area contributed by atoms with Crippen molar-refractivity contribution in [3.05, 3.63) is 0 Å². The molecule has 164 valence electrons. The first-order valence-corrected chi connectivity index (χ1v) is 10.6. The number of piperidine rings is 1. The Kier molecular flexibility index (Phi) is 10.4. The molecule has 1 N–H and O–H groups in total. The summed E-state index contributed by atoms with van der Waals surface area (Å²) in [6, 6.07) is 0.269. The fraction of sp³-hybridized carbons (Fsp3) is 0.905. The van der Waals surface area contributed by atoms with Crippen molar-refractivity contribution in [3.63, 3.8) is 0 Å². The predicted octanol–water partition coefficient (Wildman–Crippen LogP) is 4.34. The lowest BCUT2D eigenvalue weighted by Crippen LogP contribution is -2.52. The molecule has 2 rings (SSSR count). The van der Waals surface area contributed by atoms with E-state index >= 15 is 0 Å². The molecule has 1 aliphatic carbocycles. The summed E-state index contributed by atoms with van der Waals surface area (Å²) in [6.45, 7) is 14.0. The van der Waals surface area contributed by atoms with E-state index in [1.165, 1.54) is 12.8 Å². The Labute approximate surface area is 188 Å². The van der Waals surface area contributed by atoms with Crippen LogP contribution in [0.4, 0.5) is 4.79 Å². The molecule has 1 aliphatic heterocycles. The Morgan fingerprint density at radius 1 is 1.21 bits per heavy atom. The molecule has 7 heteroatoms. The van der Waals surface area contributed by atoms with Crippen LogP contribution in [0.15, 0.2) is 4.99 Å². The molecule has 0 spiro atoms. The maximum Gasteiger partial charge on any atom is 0.410 e. The highest BCUT2D eigenvalue weighted by Gasteiger charge is 2.35. The smallest absolute Gasteiger partial charge is 0.410 e. The van der Waals surface area contributed by atoms with E-state index in [0.717, 1.165) is 51.4 Å². The van der Waals surface area contributed by atoms with Crippen molar-refractivity contribution in [2.45, 2.75) is 78.4 Å². The number of ether oxygens (including phenoxy) is 1. The average molecular weight is 508 g/mol. The van der Waals surface area contributed by atoms with Gasteiger partial charge in [-0.05, 0) is 64.7 Å². The van der Waals surface area contributed by atoms with Gasteiger partial charge in [-0.25, -0.2) is 4.79 Å². The van der Waals surface area contributed by atoms with Gasteiger partial charge in [-0.15, -0.1) is 24.0 Å². The Balaban J connectivity index is 0.00000392. The first-order chi connectivity index (χ1) is 12.7. The van der Waals surface area contributed by atoms with Crippen LogP contribution in [0.2, 0.25) is 0 Å². The van der Waals surface area contributed by atoms with Gasteiger partial charge in [0.05, 0.1) is 0 Å². The molecular weight excluding hydrogens is 467 g/mol. The molecule has 1 heterocycles. The summed E-state index contributed by atoms with van der Waals surface area (Å²) in [5, 5.41) is 3.48. The zero-order chi connectivity index (χ0) is 20.0. The maximum absolute atomic E-state index is 12.8. The summed E-state index contributed by atoms with van der Waals surface area (Å²) in [6.07, 6.45) is 5.42. The van der Waals surface area contributed by atoms with Crippen molar-refractivity contribution in [3.8, 4) is 0 Å². The van der Waals surface area contributed by atoms with Crippen LogP contribution in [-0.4, -0.2) is 66.7 Å². The van der Waals surface area contributed by atoms with Crippen molar-refractivity contribution in [1.29, 1.82) is 0 Å². The number of likely N-dealkylation sites (tertiary alicyclic amines) is 1. The minimum absolute atomic E-state index is 0. The number of halogens is 1. The summed E-state index contributed by atoms with van der Waals surface area (Å²) in [5.41, 5.74) is -0.443. The lowest BCUT2D eigenvalue weighted by molar-refractivity contribution is 0.00928. The van der Waals surface area contributed by atoms with Gasteiger partial charge < -0.3 is 19.9 Å². The number of nitrogens with one attached hydrogen (secondary N) is 1. The highest BCUT2D eigenvalue weighted by atomic mass is 127. The van der Waals surface area contributed by atoms with Gasteiger partial charge in [-0.1, -0.05) is 13.8 Å². The Hall–Kier alpha value is -0.730. The number of amides is 1. The second kappa shape index (κ2) is 11.5. The molecule has 0 radical (unpaired) electrons. The van der Waals surface area contributed by atoms with Crippen LogP contribution in [0.1, 0.15) is 66.7 Å². The molecule has 0 unspecified atom stereocenters. The van der Waals surface area contributed by atoms with E-state index in [9.17, 15) is 4.79 Å². The predicted molar refractivity (Wildman–Crippen MR) is 126 cm³/mol. The summed E-state index contributed by atoms with van der Waals surface area (Å²) in [7, 11) is 1.85. The standard InChI is InChI=1S/C21H40N4O2.HI/c1-16(2)9-12-23-19(22-6)24-13-10-18(11-14-24)25(15-17-7-8-17)20(26)27-21(3,4)5;/h16-18H,7-15H2,1-6H3,(H,22,23);1H. The molecule has 0 aromatic heterocycles. The number of nitrogens with zero attached hydrogens (tertiary/aromatic N) is 3. The van der Waals surface area contributed by atoms with Crippen LogP contribution in [0.5, 0.6) is 0 Å². The van der Waals surface area contributed by atoms with E-state index in [1.54, 1.807) is 0 Å². The van der Waals surface area contributed by atoms with E-state index in [0.29, 0.717) is 11.8 Å². The Morgan fingerprint density at radius 3 is 2.29 bits per heavy atom. The van der Waals surface area contributed by atoms with Crippen molar-refractivity contribution < 1.29 is 9.53 Å². The molecule has 1 amide bonds. The fourth-order valence-electron chi connectivity index (χ4n) is 3.47. The first-order valence-electron chi connectivity index (χ1n) is 10.6. The number of rotatable bonds is 6. The molecule has 0 bridgehead atoms. The molecule has 2 fully saturated rings. The second-order valence-electron chi connectivity index (χ2n) is 9.45. The van der Waals surface area contributed by atoms with Gasteiger partial charge in [0.15, 0.2) is 5.96 Å². The molecule has 6 nitrogen and oxygen atoms in total. The molecule has 0 aromatic rings. The highest BCUT2D eigenvalue weighted by molar-refractivity contribution is 14.0. The molecule has 1 saturated carbocycles. The van der Waals surface area contributed by atoms with Gasteiger partial charge in [-0.2, -0.15) is 0 Å². The van der Waals surface area contributed by atoms with Crippen molar-refractivity contribution >= 4 is 36.0 Å². The number of hydrogen-bond acceptors (Lipinski definition) is 3. The van der Waals surface area contributed by atoms with Gasteiger partial charge in [0.1, 0.15) is 5.60 Å². The van der Waals surface area contributed by atoms with E-state index in [2.05, 4.69) is 29.1 Å². The van der Waals surface area contributed by atoms with Gasteiger partial charge in [0.2, 0.25) is 0 Å². The normalized spacial score (nSPS) is 18.7. The topological polar surface area (TPSA) is 57.2 Å². The van der Waals surface area contributed by atoms with E-state index in [-0.39, 0.29) is 36.1 Å². The molecule has 28 heavy (non-hydrogen) atoms. The first kappa shape index (κ1) is 25.3. The quantitative estimate of drug-likeness (QED) is 0.330. The Morgan fingerprint density at radius 2 is 1.82 bits per heavy atom. The number of aliphatic imine (C=N–C) groups is 1. The highest BCUT2D eigenvalue weighted by Crippen LogP contribution is 2.32. The average Bonchev–Trinajstić information content (AvgIpc) is 3.39. The molecule has 2 aliphatic rings. The third kappa shape index (κ3) is 8.74. The zero-order valence-corrected chi connectivity index (χ0v) is 21.0. The van der Waals surface area contributed by atoms with Crippen LogP contribution in [0.3, 0.4) is 0 Å². The number of hydrogen-bond donors (Lipinski definition) is 1. The van der Waals surface area contributed by atoms with Gasteiger partial charge in [0.25, 0.3) is 0 Å². The van der Waals surface area contributed by atoms with Crippen LogP contribution in [0, 0.1) is 11.8 Å². The lowest BCUT2D eigenvalue weighted by Gasteiger charge is -2.40. The van der Waals surface area contributed by atoms with Crippen LogP contribution >= 0.6 is 24.0 Å². The third-order valence-electron chi connectivity index (χ3n) is 5.20. The third-order valence-corrected chi connectivity index (χ3v) is 5.20. The summed E-state index contributed by atoms with van der Waals surface area (Å²) in [4.78, 5) is 21.5. The van der Waals surface area contributed by atoms with E-state index < -0.39 is 5.60 Å². The largest absolute Gasteiger partial charge is 0.444 e. The minimum Gasteiger partial charge on any atom is -0.444 e. The summed E-state index contributed by atoms with van der Waals surface area (Å²) < 4.78 is 5.69. The van der Waals surface area contributed by atoms with Gasteiger partial charge >= 0.3 is 6.09 Å². The number of carbonyl (C=O) groups excluding carboxylic acids is 1. The monoisotopic (exact) mass is 508 g/mol. The van der Waals surface area contributed by atoms with Crippen molar-refractivity contribution in [2.75, 3.05) is 33.2 Å². The van der Waals surface area contributed by atoms with Crippen molar-refractivity contribution in [1.82, 2.24) is 15.1 Å². The summed E-state index contributed by atoms with van der Waals surface area (Å²) in [5.74, 6) is 2.34. The molecule has 0 atom stereocenters. The second-order valence-corrected chi connectivity index (χ2v) is 9.45. The zero-order valence-electron chi connectivity index (χ0n) is 18.7. The van der Waals surface area contributed by atoms with E-state index in [1.807, 2.05) is 32.7 Å². The number of guanidine groups is 1. The Bertz CT molecular complexity index is 507. The molecule has 1 saturated heterocycles. The fourth-order valence-corrected chi connectivity index (χ4v) is 3.47. The van der Waals surface area contributed by atoms with Crippen LogP contribution in [-0.2, 0) is 4.74 Å². The maximum atomic E-state index is 12.8. The van der Waals surface area contributed by atoms with Crippen LogP contribution < -0.4 is 5.32 Å². The van der Waals surface area contributed by atoms with Crippen LogP contribution in [0.25, 0.3) is 0 Å². The molecule has 0 aromatic carbocycles. The molecular formula is C21H41IN4O2. The SMILES string of the molecule is CN=C(NCCC(C)C)N1CCC(N(CC2CC2)C(=O)OC(C)(C)C)CC1.I. The lowest BCUT2D eigenvalue weighted by atomic mass is 10.0. The van der Waals surface area contributed by atoms with E-state index in [4.69, 9.17) is 4.74 Å². The minimum atomic E-state index is -0.443. The summed E-state index contributed by atoms with van der Waals surface area (Å²) >= 11 is 0. The van der Waals surface area contributed by atoms with Gasteiger partial charge in [-0.3, -0.25) is 4.99 Å². The number of carbonyl (C=O) groups is 1.